The van der Waals surface area contributed by atoms with Crippen LogP contribution in [-0.2, 0) is 0 Å². The molecule has 1 N–H and O–H groups in total. The molecular formula is C18H17N3O5. The normalized spacial score (nSPS) is 11.0. The minimum absolute atomic E-state index is 0.370. The molecule has 3 rings (SSSR count). The van der Waals surface area contributed by atoms with E-state index in [0.717, 1.165) is 4.68 Å². The number of aromatic amines is 1. The van der Waals surface area contributed by atoms with Gasteiger partial charge in [-0.2, -0.15) is 5.10 Å². The van der Waals surface area contributed by atoms with Gasteiger partial charge in [0.15, 0.2) is 11.5 Å². The molecule has 0 saturated heterocycles. The van der Waals surface area contributed by atoms with Crippen LogP contribution < -0.4 is 25.5 Å². The van der Waals surface area contributed by atoms with Crippen molar-refractivity contribution in [3.63, 3.8) is 0 Å². The lowest BCUT2D eigenvalue weighted by Gasteiger charge is -2.12. The molecule has 0 atom stereocenters. The second kappa shape index (κ2) is 7.14. The van der Waals surface area contributed by atoms with Gasteiger partial charge in [-0.1, -0.05) is 12.1 Å². The van der Waals surface area contributed by atoms with E-state index in [1.807, 2.05) is 0 Å². The lowest BCUT2D eigenvalue weighted by Crippen LogP contribution is -2.32. The van der Waals surface area contributed by atoms with Gasteiger partial charge in [-0.3, -0.25) is 4.79 Å². The van der Waals surface area contributed by atoms with E-state index in [1.165, 1.54) is 27.5 Å². The lowest BCUT2D eigenvalue weighted by molar-refractivity contribution is 0.324. The number of benzene rings is 2. The van der Waals surface area contributed by atoms with Crippen LogP contribution in [0.3, 0.4) is 0 Å². The molecule has 8 heteroatoms. The van der Waals surface area contributed by atoms with Crippen molar-refractivity contribution in [2.24, 2.45) is 5.10 Å². The third-order valence-electron chi connectivity index (χ3n) is 3.79. The Morgan fingerprint density at radius 2 is 1.65 bits per heavy atom. The maximum atomic E-state index is 12.5. The van der Waals surface area contributed by atoms with E-state index in [-0.39, 0.29) is 0 Å². The van der Waals surface area contributed by atoms with Gasteiger partial charge in [0.05, 0.1) is 38.4 Å². The zero-order valence-electron chi connectivity index (χ0n) is 14.5. The fourth-order valence-corrected chi connectivity index (χ4v) is 2.56. The molecule has 2 aromatic carbocycles. The Bertz CT molecular complexity index is 1070. The number of para-hydroxylation sites is 1. The molecule has 0 fully saturated rings. The van der Waals surface area contributed by atoms with Crippen LogP contribution in [0.2, 0.25) is 0 Å². The highest BCUT2D eigenvalue weighted by atomic mass is 16.5. The second-order valence-electron chi connectivity index (χ2n) is 5.30. The molecular weight excluding hydrogens is 338 g/mol. The topological polar surface area (TPSA) is 94.9 Å². The maximum Gasteiger partial charge on any atom is 0.349 e. The van der Waals surface area contributed by atoms with Crippen molar-refractivity contribution >= 4 is 17.1 Å². The summed E-state index contributed by atoms with van der Waals surface area (Å²) < 4.78 is 16.6. The number of ether oxygens (including phenoxy) is 3. The largest absolute Gasteiger partial charge is 0.493 e. The Morgan fingerprint density at radius 3 is 2.27 bits per heavy atom. The number of hydrogen-bond donors (Lipinski definition) is 1. The van der Waals surface area contributed by atoms with Crippen molar-refractivity contribution < 1.29 is 14.2 Å². The zero-order chi connectivity index (χ0) is 18.7. The standard InChI is InChI=1S/C18H17N3O5/c1-24-14-8-11(9-15(25-2)16(14)26-3)10-19-21-17(22)12-6-4-5-7-13(12)20-18(21)23/h4-10H,1-3H3,(H,20,23)/b19-10+. The first-order chi connectivity index (χ1) is 12.6. The molecule has 0 amide bonds. The molecule has 0 spiro atoms. The van der Waals surface area contributed by atoms with Crippen molar-refractivity contribution in [2.45, 2.75) is 0 Å². The SMILES string of the molecule is COc1cc(/C=N/n2c(=O)[nH]c3ccccc3c2=O)cc(OC)c1OC. The molecule has 0 unspecified atom stereocenters. The number of rotatable bonds is 5. The molecule has 0 aliphatic heterocycles. The van der Waals surface area contributed by atoms with Crippen LogP contribution in [0.5, 0.6) is 17.2 Å². The summed E-state index contributed by atoms with van der Waals surface area (Å²) in [4.78, 5) is 27.2. The quantitative estimate of drug-likeness (QED) is 0.702. The van der Waals surface area contributed by atoms with E-state index >= 15 is 0 Å². The van der Waals surface area contributed by atoms with Crippen LogP contribution >= 0.6 is 0 Å². The van der Waals surface area contributed by atoms with Gasteiger partial charge < -0.3 is 19.2 Å². The summed E-state index contributed by atoms with van der Waals surface area (Å²) in [5.74, 6) is 1.31. The minimum Gasteiger partial charge on any atom is -0.493 e. The Balaban J connectivity index is 2.10. The summed E-state index contributed by atoms with van der Waals surface area (Å²) >= 11 is 0. The monoisotopic (exact) mass is 355 g/mol. The first kappa shape index (κ1) is 17.3. The van der Waals surface area contributed by atoms with Crippen LogP contribution in [0.1, 0.15) is 5.56 Å². The number of nitrogens with zero attached hydrogens (tertiary/aromatic N) is 2. The van der Waals surface area contributed by atoms with E-state index in [1.54, 1.807) is 36.4 Å². The van der Waals surface area contributed by atoms with Crippen molar-refractivity contribution in [1.82, 2.24) is 9.66 Å². The Labute approximate surface area is 148 Å². The fourth-order valence-electron chi connectivity index (χ4n) is 2.56. The summed E-state index contributed by atoms with van der Waals surface area (Å²) in [6, 6.07) is 10.1. The van der Waals surface area contributed by atoms with Crippen LogP contribution in [0.15, 0.2) is 51.1 Å². The third-order valence-corrected chi connectivity index (χ3v) is 3.79. The van der Waals surface area contributed by atoms with E-state index < -0.39 is 11.2 Å². The highest BCUT2D eigenvalue weighted by Gasteiger charge is 2.12. The minimum atomic E-state index is -0.627. The third kappa shape index (κ3) is 3.04. The summed E-state index contributed by atoms with van der Waals surface area (Å²) in [6.45, 7) is 0. The summed E-state index contributed by atoms with van der Waals surface area (Å²) in [6.07, 6.45) is 1.37. The van der Waals surface area contributed by atoms with E-state index in [4.69, 9.17) is 14.2 Å². The smallest absolute Gasteiger partial charge is 0.349 e. The molecule has 3 aromatic rings. The number of aromatic nitrogens is 2. The summed E-state index contributed by atoms with van der Waals surface area (Å²) in [5.41, 5.74) is -0.105. The molecule has 0 aliphatic carbocycles. The first-order valence-corrected chi connectivity index (χ1v) is 7.67. The summed E-state index contributed by atoms with van der Waals surface area (Å²) in [5, 5.41) is 4.39. The fraction of sp³-hybridized carbons (Fsp3) is 0.167. The number of methoxy groups -OCH3 is 3. The van der Waals surface area contributed by atoms with Gasteiger partial charge in [0, 0.05) is 5.56 Å². The molecule has 0 saturated carbocycles. The van der Waals surface area contributed by atoms with Gasteiger partial charge in [0.1, 0.15) is 0 Å². The van der Waals surface area contributed by atoms with Crippen LogP contribution in [-0.4, -0.2) is 37.2 Å². The van der Waals surface area contributed by atoms with Crippen LogP contribution in [0.4, 0.5) is 0 Å². The number of H-pyrrole nitrogens is 1. The molecule has 0 aliphatic rings. The highest BCUT2D eigenvalue weighted by molar-refractivity contribution is 5.82. The van der Waals surface area contributed by atoms with Crippen LogP contribution in [0.25, 0.3) is 10.9 Å². The van der Waals surface area contributed by atoms with E-state index in [0.29, 0.717) is 33.7 Å². The Hall–Kier alpha value is -3.55. The molecule has 1 aromatic heterocycles. The van der Waals surface area contributed by atoms with Crippen molar-refractivity contribution in [3.8, 4) is 17.2 Å². The Kier molecular flexibility index (Phi) is 4.74. The second-order valence-corrected chi connectivity index (χ2v) is 5.30. The molecule has 0 radical (unpaired) electrons. The van der Waals surface area contributed by atoms with Crippen molar-refractivity contribution in [1.29, 1.82) is 0 Å². The zero-order valence-corrected chi connectivity index (χ0v) is 14.5. The predicted molar refractivity (Wildman–Crippen MR) is 97.9 cm³/mol. The summed E-state index contributed by atoms with van der Waals surface area (Å²) in [7, 11) is 4.50. The van der Waals surface area contributed by atoms with Crippen LogP contribution in [0, 0.1) is 0 Å². The lowest BCUT2D eigenvalue weighted by atomic mass is 10.2. The number of nitrogens with one attached hydrogen (secondary N) is 1. The maximum absolute atomic E-state index is 12.5. The molecule has 1 heterocycles. The molecule has 134 valence electrons. The van der Waals surface area contributed by atoms with Gasteiger partial charge >= 0.3 is 5.69 Å². The van der Waals surface area contributed by atoms with Crippen molar-refractivity contribution in [3.05, 3.63) is 62.8 Å². The number of hydrogen-bond acceptors (Lipinski definition) is 6. The number of fused-ring (bicyclic) bond motifs is 1. The van der Waals surface area contributed by atoms with Gasteiger partial charge in [0.25, 0.3) is 5.56 Å². The van der Waals surface area contributed by atoms with Crippen molar-refractivity contribution in [2.75, 3.05) is 21.3 Å². The van der Waals surface area contributed by atoms with Gasteiger partial charge in [-0.05, 0) is 24.3 Å². The molecule has 26 heavy (non-hydrogen) atoms. The molecule has 0 bridgehead atoms. The van der Waals surface area contributed by atoms with E-state index in [2.05, 4.69) is 10.1 Å². The molecule has 8 nitrogen and oxygen atoms in total. The van der Waals surface area contributed by atoms with Gasteiger partial charge in [-0.25, -0.2) is 4.79 Å². The highest BCUT2D eigenvalue weighted by Crippen LogP contribution is 2.37. The van der Waals surface area contributed by atoms with E-state index in [9.17, 15) is 9.59 Å². The average molecular weight is 355 g/mol. The predicted octanol–water partition coefficient (Wildman–Crippen LogP) is 1.60. The first-order valence-electron chi connectivity index (χ1n) is 7.67. The van der Waals surface area contributed by atoms with Gasteiger partial charge in [0.2, 0.25) is 5.75 Å². The van der Waals surface area contributed by atoms with Gasteiger partial charge in [-0.15, -0.1) is 4.68 Å². The average Bonchev–Trinajstić information content (AvgIpc) is 2.66. The Morgan fingerprint density at radius 1 is 1.00 bits per heavy atom.